The molecule has 0 saturated heterocycles. The number of nitrogens with zero attached hydrogens (tertiary/aromatic N) is 1. The molecule has 0 aliphatic rings. The number of nitro groups is 1. The molecule has 90 valence electrons. The van der Waals surface area contributed by atoms with Crippen molar-refractivity contribution in [3.63, 3.8) is 0 Å². The lowest BCUT2D eigenvalue weighted by molar-refractivity contribution is -0.386. The summed E-state index contributed by atoms with van der Waals surface area (Å²) in [5.74, 6) is 2.70. The van der Waals surface area contributed by atoms with Gasteiger partial charge in [-0.1, -0.05) is 37.7 Å². The maximum atomic E-state index is 10.8. The molecule has 1 N–H and O–H groups in total. The summed E-state index contributed by atoms with van der Waals surface area (Å²) < 4.78 is 0. The molecule has 4 nitrogen and oxygen atoms in total. The SMILES string of the molecule is C[Si](C)(C)C#C[C@@H](O)c1ccccc1[N+](=O)[O-]. The second-order valence-corrected chi connectivity index (χ2v) is 9.49. The Kier molecular flexibility index (Phi) is 4.05. The Bertz CT molecular complexity index is 483. The van der Waals surface area contributed by atoms with E-state index in [0.29, 0.717) is 0 Å². The number of aliphatic hydroxyl groups is 1. The smallest absolute Gasteiger partial charge is 0.276 e. The molecular weight excluding hydrogens is 234 g/mol. The Morgan fingerprint density at radius 2 is 1.94 bits per heavy atom. The van der Waals surface area contributed by atoms with Crippen LogP contribution in [0.2, 0.25) is 19.6 Å². The molecule has 17 heavy (non-hydrogen) atoms. The lowest BCUT2D eigenvalue weighted by Gasteiger charge is -2.07. The van der Waals surface area contributed by atoms with E-state index in [1.165, 1.54) is 12.1 Å². The maximum absolute atomic E-state index is 10.8. The molecule has 0 aromatic heterocycles. The molecule has 0 aliphatic carbocycles. The van der Waals surface area contributed by atoms with Crippen molar-refractivity contribution in [1.29, 1.82) is 0 Å². The zero-order chi connectivity index (χ0) is 13.1. The van der Waals surface area contributed by atoms with Crippen LogP contribution in [0.5, 0.6) is 0 Å². The fourth-order valence-corrected chi connectivity index (χ4v) is 1.82. The third kappa shape index (κ3) is 4.02. The number of benzene rings is 1. The molecule has 0 amide bonds. The van der Waals surface area contributed by atoms with Crippen molar-refractivity contribution >= 4 is 13.8 Å². The predicted octanol–water partition coefficient (Wildman–Crippen LogP) is 2.51. The largest absolute Gasteiger partial charge is 0.376 e. The Morgan fingerprint density at radius 1 is 1.35 bits per heavy atom. The van der Waals surface area contributed by atoms with E-state index in [1.54, 1.807) is 12.1 Å². The predicted molar refractivity (Wildman–Crippen MR) is 69.2 cm³/mol. The van der Waals surface area contributed by atoms with Gasteiger partial charge in [-0.25, -0.2) is 0 Å². The number of para-hydroxylation sites is 1. The fourth-order valence-electron chi connectivity index (χ4n) is 1.25. The highest BCUT2D eigenvalue weighted by atomic mass is 28.3. The summed E-state index contributed by atoms with van der Waals surface area (Å²) in [6.07, 6.45) is -1.09. The standard InChI is InChI=1S/C12H15NO3Si/c1-17(2,3)9-8-12(14)10-6-4-5-7-11(10)13(15)16/h4-7,12,14H,1-3H3/t12-/m1/s1. The van der Waals surface area contributed by atoms with Crippen molar-refractivity contribution in [3.8, 4) is 11.5 Å². The highest BCUT2D eigenvalue weighted by molar-refractivity contribution is 6.83. The van der Waals surface area contributed by atoms with Crippen LogP contribution >= 0.6 is 0 Å². The first-order chi connectivity index (χ1) is 7.81. The van der Waals surface area contributed by atoms with Gasteiger partial charge in [0.05, 0.1) is 10.5 Å². The van der Waals surface area contributed by atoms with E-state index < -0.39 is 19.1 Å². The number of hydrogen-bond donors (Lipinski definition) is 1. The van der Waals surface area contributed by atoms with Crippen LogP contribution in [0.3, 0.4) is 0 Å². The quantitative estimate of drug-likeness (QED) is 0.379. The fraction of sp³-hybridized carbons (Fsp3) is 0.333. The Labute approximate surface area is 101 Å². The van der Waals surface area contributed by atoms with Crippen molar-refractivity contribution < 1.29 is 10.0 Å². The van der Waals surface area contributed by atoms with Gasteiger partial charge in [0, 0.05) is 6.07 Å². The Balaban J connectivity index is 3.07. The van der Waals surface area contributed by atoms with Gasteiger partial charge in [-0.2, -0.15) is 0 Å². The molecule has 1 atom stereocenters. The molecule has 0 saturated carbocycles. The number of aliphatic hydroxyl groups excluding tert-OH is 1. The zero-order valence-electron chi connectivity index (χ0n) is 10.1. The molecule has 0 unspecified atom stereocenters. The summed E-state index contributed by atoms with van der Waals surface area (Å²) in [4.78, 5) is 10.3. The van der Waals surface area contributed by atoms with Crippen LogP contribution in [-0.2, 0) is 0 Å². The summed E-state index contributed by atoms with van der Waals surface area (Å²) in [7, 11) is -1.59. The van der Waals surface area contributed by atoms with Crippen molar-refractivity contribution in [3.05, 3.63) is 39.9 Å². The number of nitro benzene ring substituents is 1. The first-order valence-electron chi connectivity index (χ1n) is 5.25. The van der Waals surface area contributed by atoms with Crippen molar-refractivity contribution in [2.45, 2.75) is 25.7 Å². The lowest BCUT2D eigenvalue weighted by Crippen LogP contribution is -2.17. The van der Waals surface area contributed by atoms with E-state index in [-0.39, 0.29) is 11.3 Å². The van der Waals surface area contributed by atoms with Crippen LogP contribution in [-0.4, -0.2) is 18.1 Å². The van der Waals surface area contributed by atoms with E-state index in [2.05, 4.69) is 11.5 Å². The van der Waals surface area contributed by atoms with Crippen molar-refractivity contribution in [1.82, 2.24) is 0 Å². The molecule has 1 aromatic carbocycles. The van der Waals surface area contributed by atoms with Crippen molar-refractivity contribution in [2.24, 2.45) is 0 Å². The summed E-state index contributed by atoms with van der Waals surface area (Å²) in [6.45, 7) is 6.14. The third-order valence-electron chi connectivity index (χ3n) is 2.01. The van der Waals surface area contributed by atoms with E-state index in [9.17, 15) is 15.2 Å². The van der Waals surface area contributed by atoms with Gasteiger partial charge in [0.15, 0.2) is 0 Å². The third-order valence-corrected chi connectivity index (χ3v) is 2.91. The average molecular weight is 249 g/mol. The minimum atomic E-state index is -1.59. The van der Waals surface area contributed by atoms with E-state index >= 15 is 0 Å². The molecule has 0 radical (unpaired) electrons. The number of hydrogen-bond acceptors (Lipinski definition) is 3. The first-order valence-corrected chi connectivity index (χ1v) is 8.75. The molecule has 1 aromatic rings. The minimum Gasteiger partial charge on any atom is -0.376 e. The molecule has 0 heterocycles. The van der Waals surface area contributed by atoms with Crippen molar-refractivity contribution in [2.75, 3.05) is 0 Å². The highest BCUT2D eigenvalue weighted by Gasteiger charge is 2.18. The normalized spacial score (nSPS) is 12.5. The van der Waals surface area contributed by atoms with Crippen LogP contribution in [0.15, 0.2) is 24.3 Å². The summed E-state index contributed by atoms with van der Waals surface area (Å²) in [5, 5.41) is 20.6. The van der Waals surface area contributed by atoms with Crippen LogP contribution in [0.4, 0.5) is 5.69 Å². The van der Waals surface area contributed by atoms with Gasteiger partial charge in [0.25, 0.3) is 5.69 Å². The highest BCUT2D eigenvalue weighted by Crippen LogP contribution is 2.24. The van der Waals surface area contributed by atoms with Gasteiger partial charge in [0.2, 0.25) is 0 Å². The lowest BCUT2D eigenvalue weighted by atomic mass is 10.1. The summed E-state index contributed by atoms with van der Waals surface area (Å²) in [6, 6.07) is 6.12. The monoisotopic (exact) mass is 249 g/mol. The molecule has 0 fully saturated rings. The Morgan fingerprint density at radius 3 is 2.47 bits per heavy atom. The van der Waals surface area contributed by atoms with Crippen LogP contribution < -0.4 is 0 Å². The maximum Gasteiger partial charge on any atom is 0.276 e. The molecule has 1 rings (SSSR count). The van der Waals surface area contributed by atoms with Gasteiger partial charge < -0.3 is 5.11 Å². The Hall–Kier alpha value is -1.64. The van der Waals surface area contributed by atoms with E-state index in [0.717, 1.165) is 0 Å². The average Bonchev–Trinajstić information content (AvgIpc) is 2.25. The molecular formula is C12H15NO3Si. The summed E-state index contributed by atoms with van der Waals surface area (Å²) >= 11 is 0. The second-order valence-electron chi connectivity index (χ2n) is 4.74. The number of rotatable bonds is 2. The van der Waals surface area contributed by atoms with E-state index in [1.807, 2.05) is 19.6 Å². The van der Waals surface area contributed by atoms with Crippen LogP contribution in [0.25, 0.3) is 0 Å². The van der Waals surface area contributed by atoms with Gasteiger partial charge in [-0.3, -0.25) is 10.1 Å². The molecule has 0 spiro atoms. The van der Waals surface area contributed by atoms with Gasteiger partial charge in [-0.05, 0) is 6.07 Å². The minimum absolute atomic E-state index is 0.0927. The topological polar surface area (TPSA) is 63.4 Å². The molecule has 0 bridgehead atoms. The van der Waals surface area contributed by atoms with Gasteiger partial charge >= 0.3 is 0 Å². The summed E-state index contributed by atoms with van der Waals surface area (Å²) in [5.41, 5.74) is 3.16. The zero-order valence-corrected chi connectivity index (χ0v) is 11.1. The van der Waals surface area contributed by atoms with Gasteiger partial charge in [-0.15, -0.1) is 5.54 Å². The first kappa shape index (κ1) is 13.4. The van der Waals surface area contributed by atoms with Crippen LogP contribution in [0, 0.1) is 21.6 Å². The second kappa shape index (κ2) is 5.12. The molecule has 5 heteroatoms. The van der Waals surface area contributed by atoms with Gasteiger partial charge in [0.1, 0.15) is 14.2 Å². The molecule has 0 aliphatic heterocycles. The van der Waals surface area contributed by atoms with E-state index in [4.69, 9.17) is 0 Å². The van der Waals surface area contributed by atoms with Crippen LogP contribution in [0.1, 0.15) is 11.7 Å².